The summed E-state index contributed by atoms with van der Waals surface area (Å²) >= 11 is 0. The first-order chi connectivity index (χ1) is 2.91. The predicted molar refractivity (Wildman–Crippen MR) is 22.8 cm³/mol. The van der Waals surface area contributed by atoms with Gasteiger partial charge in [-0.2, -0.15) is 0 Å². The molecule has 0 saturated heterocycles. The molecule has 0 aliphatic rings. The van der Waals surface area contributed by atoms with Crippen LogP contribution < -0.4 is 11.2 Å². The van der Waals surface area contributed by atoms with E-state index in [2.05, 4.69) is 15.6 Å². The quantitative estimate of drug-likeness (QED) is 0.260. The fraction of sp³-hybridized carbons (Fsp3) is 0.500. The van der Waals surface area contributed by atoms with Crippen LogP contribution in [0.25, 0.3) is 0 Å². The number of hydroxylamine groups is 1. The van der Waals surface area contributed by atoms with Crippen molar-refractivity contribution in [2.45, 2.75) is 0 Å². The van der Waals surface area contributed by atoms with Crippen molar-refractivity contribution >= 4 is 6.34 Å². The van der Waals surface area contributed by atoms with Crippen molar-refractivity contribution in [1.29, 1.82) is 0 Å². The lowest BCUT2D eigenvalue weighted by atomic mass is 11.4. The average molecular weight is 89.1 g/mol. The molecule has 36 valence electrons. The zero-order valence-electron chi connectivity index (χ0n) is 3.51. The van der Waals surface area contributed by atoms with E-state index < -0.39 is 0 Å². The summed E-state index contributed by atoms with van der Waals surface area (Å²) in [6.45, 7) is 0. The highest BCUT2D eigenvalue weighted by molar-refractivity contribution is 5.49. The fourth-order valence-electron chi connectivity index (χ4n) is 0.0831. The van der Waals surface area contributed by atoms with Crippen LogP contribution in [-0.2, 0) is 4.94 Å². The number of nitrogens with two attached hydrogens (primary N) is 1. The molecule has 0 spiro atoms. The van der Waals surface area contributed by atoms with Crippen molar-refractivity contribution in [3.8, 4) is 0 Å². The molecule has 0 aromatic carbocycles. The van der Waals surface area contributed by atoms with E-state index in [1.165, 1.54) is 0 Å². The van der Waals surface area contributed by atoms with Gasteiger partial charge in [-0.25, -0.2) is 0 Å². The standard InChI is InChI=1S/C2H7N3O/c1-4-6-5-2-3/h2,4H,1H3,(H2,3,5). The molecule has 0 unspecified atom stereocenters. The predicted octanol–water partition coefficient (Wildman–Crippen LogP) is -0.961. The van der Waals surface area contributed by atoms with Gasteiger partial charge >= 0.3 is 0 Å². The fourth-order valence-corrected chi connectivity index (χ4v) is 0.0831. The van der Waals surface area contributed by atoms with Gasteiger partial charge in [-0.3, -0.25) is 4.94 Å². The maximum atomic E-state index is 4.76. The van der Waals surface area contributed by atoms with Crippen LogP contribution in [0.4, 0.5) is 0 Å². The molecular formula is C2H7N3O. The Labute approximate surface area is 35.9 Å². The molecule has 0 aromatic heterocycles. The summed E-state index contributed by atoms with van der Waals surface area (Å²) in [5.74, 6) is 0. The van der Waals surface area contributed by atoms with E-state index >= 15 is 0 Å². The Balaban J connectivity index is 2.66. The minimum absolute atomic E-state index is 1.05. The van der Waals surface area contributed by atoms with E-state index in [-0.39, 0.29) is 0 Å². The second-order valence-electron chi connectivity index (χ2n) is 0.550. The van der Waals surface area contributed by atoms with Crippen LogP contribution in [0.15, 0.2) is 5.16 Å². The van der Waals surface area contributed by atoms with Crippen molar-refractivity contribution in [1.82, 2.24) is 5.48 Å². The van der Waals surface area contributed by atoms with Gasteiger partial charge in [0.2, 0.25) is 0 Å². The van der Waals surface area contributed by atoms with Gasteiger partial charge in [-0.15, -0.1) is 5.48 Å². The van der Waals surface area contributed by atoms with Gasteiger partial charge in [0.1, 0.15) is 6.34 Å². The minimum Gasteiger partial charge on any atom is -0.387 e. The Hall–Kier alpha value is -0.770. The lowest BCUT2D eigenvalue weighted by molar-refractivity contribution is 0.0654. The van der Waals surface area contributed by atoms with Crippen molar-refractivity contribution < 1.29 is 4.94 Å². The smallest absolute Gasteiger partial charge is 0.128 e. The van der Waals surface area contributed by atoms with Crippen molar-refractivity contribution in [2.75, 3.05) is 7.05 Å². The van der Waals surface area contributed by atoms with Crippen LogP contribution in [0.2, 0.25) is 0 Å². The summed E-state index contributed by atoms with van der Waals surface area (Å²) in [7, 11) is 1.59. The Morgan fingerprint density at radius 1 is 2.00 bits per heavy atom. The number of hydrogen-bond donors (Lipinski definition) is 2. The Morgan fingerprint density at radius 2 is 2.67 bits per heavy atom. The summed E-state index contributed by atoms with van der Waals surface area (Å²) in [4.78, 5) is 4.18. The summed E-state index contributed by atoms with van der Waals surface area (Å²) in [6.07, 6.45) is 1.05. The van der Waals surface area contributed by atoms with Crippen LogP contribution >= 0.6 is 0 Å². The van der Waals surface area contributed by atoms with Gasteiger partial charge in [0.25, 0.3) is 0 Å². The Morgan fingerprint density at radius 3 is 2.83 bits per heavy atom. The third-order valence-corrected chi connectivity index (χ3v) is 0.205. The summed E-state index contributed by atoms with van der Waals surface area (Å²) < 4.78 is 0. The monoisotopic (exact) mass is 89.1 g/mol. The van der Waals surface area contributed by atoms with Crippen LogP contribution in [-0.4, -0.2) is 13.4 Å². The maximum Gasteiger partial charge on any atom is 0.128 e. The molecule has 0 aliphatic heterocycles. The third kappa shape index (κ3) is 3.23. The molecule has 0 radical (unpaired) electrons. The molecule has 0 rings (SSSR count). The second kappa shape index (κ2) is 4.23. The van der Waals surface area contributed by atoms with E-state index in [4.69, 9.17) is 5.73 Å². The van der Waals surface area contributed by atoms with Gasteiger partial charge in [-0.1, -0.05) is 5.16 Å². The number of oxime groups is 1. The lowest BCUT2D eigenvalue weighted by Crippen LogP contribution is -2.02. The largest absolute Gasteiger partial charge is 0.387 e. The number of rotatable bonds is 2. The minimum atomic E-state index is 1.05. The highest BCUT2D eigenvalue weighted by Gasteiger charge is 1.57. The molecule has 0 saturated carbocycles. The van der Waals surface area contributed by atoms with Crippen LogP contribution in [0.3, 0.4) is 0 Å². The maximum absolute atomic E-state index is 4.76. The van der Waals surface area contributed by atoms with Gasteiger partial charge in [0.15, 0.2) is 0 Å². The first kappa shape index (κ1) is 5.23. The van der Waals surface area contributed by atoms with Crippen molar-refractivity contribution in [2.24, 2.45) is 10.9 Å². The average Bonchev–Trinajstić information content (AvgIpc) is 1.61. The molecule has 0 aliphatic carbocycles. The Kier molecular flexibility index (Phi) is 3.69. The van der Waals surface area contributed by atoms with E-state index in [0.717, 1.165) is 6.34 Å². The summed E-state index contributed by atoms with van der Waals surface area (Å²) in [6, 6.07) is 0. The van der Waals surface area contributed by atoms with Crippen LogP contribution in [0, 0.1) is 0 Å². The van der Waals surface area contributed by atoms with Crippen molar-refractivity contribution in [3.05, 3.63) is 0 Å². The number of nitrogens with zero attached hydrogens (tertiary/aromatic N) is 1. The van der Waals surface area contributed by atoms with Crippen LogP contribution in [0.5, 0.6) is 0 Å². The normalized spacial score (nSPS) is 9.50. The molecule has 0 atom stereocenters. The number of hydrogen-bond acceptors (Lipinski definition) is 3. The van der Waals surface area contributed by atoms with Gasteiger partial charge in [-0.05, 0) is 0 Å². The van der Waals surface area contributed by atoms with Gasteiger partial charge < -0.3 is 5.73 Å². The van der Waals surface area contributed by atoms with Gasteiger partial charge in [0.05, 0.1) is 0 Å². The second-order valence-corrected chi connectivity index (χ2v) is 0.550. The zero-order valence-corrected chi connectivity index (χ0v) is 3.51. The topological polar surface area (TPSA) is 59.6 Å². The molecule has 0 aromatic rings. The van der Waals surface area contributed by atoms with Crippen LogP contribution in [0.1, 0.15) is 0 Å². The molecule has 0 heterocycles. The molecule has 0 bridgehead atoms. The first-order valence-electron chi connectivity index (χ1n) is 1.48. The Bertz CT molecular complexity index is 44.1. The molecule has 4 nitrogen and oxygen atoms in total. The van der Waals surface area contributed by atoms with E-state index in [0.29, 0.717) is 0 Å². The van der Waals surface area contributed by atoms with E-state index in [1.807, 2.05) is 0 Å². The SMILES string of the molecule is CNON=CN. The van der Waals surface area contributed by atoms with Crippen molar-refractivity contribution in [3.63, 3.8) is 0 Å². The molecule has 0 fully saturated rings. The number of nitrogens with one attached hydrogen (secondary N) is 1. The van der Waals surface area contributed by atoms with E-state index in [9.17, 15) is 0 Å². The highest BCUT2D eigenvalue weighted by atomic mass is 16.8. The molecule has 4 heteroatoms. The molecule has 0 amide bonds. The lowest BCUT2D eigenvalue weighted by Gasteiger charge is -1.85. The summed E-state index contributed by atoms with van der Waals surface area (Å²) in [5, 5.41) is 3.13. The first-order valence-corrected chi connectivity index (χ1v) is 1.48. The molecule has 6 heavy (non-hydrogen) atoms. The molecular weight excluding hydrogens is 82.0 g/mol. The zero-order chi connectivity index (χ0) is 4.83. The molecule has 3 N–H and O–H groups in total. The summed E-state index contributed by atoms with van der Waals surface area (Å²) in [5.41, 5.74) is 7.05. The highest BCUT2D eigenvalue weighted by Crippen LogP contribution is 1.54. The van der Waals surface area contributed by atoms with Gasteiger partial charge in [0, 0.05) is 7.05 Å². The van der Waals surface area contributed by atoms with E-state index in [1.54, 1.807) is 7.05 Å². The third-order valence-electron chi connectivity index (χ3n) is 0.205.